The van der Waals surface area contributed by atoms with E-state index < -0.39 is 130 Å². The number of nitro groups is 1. The minimum absolute atomic E-state index is 0.0145. The lowest BCUT2D eigenvalue weighted by molar-refractivity contribution is -0.397. The molecule has 0 spiro atoms. The van der Waals surface area contributed by atoms with E-state index in [1.54, 1.807) is 66.2 Å². The second kappa shape index (κ2) is 19.1. The molecule has 8 rings (SSSR count). The summed E-state index contributed by atoms with van der Waals surface area (Å²) in [6, 6.07) is 14.5. The van der Waals surface area contributed by atoms with Crippen LogP contribution in [0.3, 0.4) is 0 Å². The highest BCUT2D eigenvalue weighted by Crippen LogP contribution is 2.63. The molecule has 3 fully saturated rings. The van der Waals surface area contributed by atoms with Crippen LogP contribution in [0, 0.1) is 33.8 Å². The lowest BCUT2D eigenvalue weighted by Crippen LogP contribution is -2.81. The summed E-state index contributed by atoms with van der Waals surface area (Å²) in [6.07, 6.45) is -8.38. The van der Waals surface area contributed by atoms with Gasteiger partial charge in [-0.1, -0.05) is 67.4 Å². The lowest BCUT2D eigenvalue weighted by Gasteiger charge is -2.67. The number of imidazole rings is 2. The van der Waals surface area contributed by atoms with Crippen molar-refractivity contribution in [1.29, 1.82) is 0 Å². The summed E-state index contributed by atoms with van der Waals surface area (Å²) in [5.41, 5.74) is -8.25. The van der Waals surface area contributed by atoms with Crippen molar-refractivity contribution in [1.82, 2.24) is 24.4 Å². The second-order valence-electron chi connectivity index (χ2n) is 19.4. The summed E-state index contributed by atoms with van der Waals surface area (Å²) in [5.74, 6) is -5.62. The fourth-order valence-electron chi connectivity index (χ4n) is 11.2. The Labute approximate surface area is 406 Å². The highest BCUT2D eigenvalue weighted by molar-refractivity contribution is 5.94. The molecule has 22 nitrogen and oxygen atoms in total. The number of nitrogens with one attached hydrogen (secondary N) is 1. The number of ether oxygens (including phenoxy) is 5. The average Bonchev–Trinajstić information content (AvgIpc) is 3.97. The molecule has 22 heteroatoms. The molecule has 10 unspecified atom stereocenters. The number of aliphatic hydroxyl groups is 4. The van der Waals surface area contributed by atoms with Crippen molar-refractivity contribution in [3.63, 3.8) is 0 Å². The normalized spacial score (nSPS) is 29.9. The van der Waals surface area contributed by atoms with Gasteiger partial charge in [0.1, 0.15) is 60.4 Å². The number of hydrogen-bond acceptors (Lipinski definition) is 18. The summed E-state index contributed by atoms with van der Waals surface area (Å²) in [6.45, 7) is 7.88. The third-order valence-corrected chi connectivity index (χ3v) is 15.0. The summed E-state index contributed by atoms with van der Waals surface area (Å²) in [4.78, 5) is 89.7. The predicted molar refractivity (Wildman–Crippen MR) is 243 cm³/mol. The Morgan fingerprint density at radius 2 is 1.58 bits per heavy atom. The SMILES string of the molecule is CC(=O)NC(c1ccccc1)C(O)C(=O)OC1CC2(O)C(OC(=O)c3ccccc3)C3[C@]4(O)COC4CC(OC(=O)OC(Cn4ccnc4C)Cn4ccnc4[N+](=O)[O-])[C@@]3(C)C(=O)C(O)C(=C1C)C2(C)C. The van der Waals surface area contributed by atoms with Crippen molar-refractivity contribution in [2.75, 3.05) is 6.61 Å². The van der Waals surface area contributed by atoms with Gasteiger partial charge in [-0.3, -0.25) is 9.59 Å². The third kappa shape index (κ3) is 8.87. The Bertz CT molecular complexity index is 2740. The predicted octanol–water partition coefficient (Wildman–Crippen LogP) is 2.84. The molecular weight excluding hydrogens is 929 g/mol. The molecule has 4 aliphatic rings. The zero-order valence-corrected chi connectivity index (χ0v) is 39.7. The Kier molecular flexibility index (Phi) is 13.6. The Morgan fingerprint density at radius 3 is 2.18 bits per heavy atom. The number of aromatic nitrogens is 4. The van der Waals surface area contributed by atoms with E-state index in [1.165, 1.54) is 65.3 Å². The molecule has 1 amide bonds. The molecule has 12 atom stereocenters. The first-order valence-corrected chi connectivity index (χ1v) is 23.0. The number of aryl methyl sites for hydroxylation is 1. The number of Topliss-reactive ketones (excluding diaryl/α,β-unsaturated/α-hetero) is 1. The van der Waals surface area contributed by atoms with Gasteiger partial charge in [0.05, 0.1) is 36.3 Å². The number of ketones is 1. The lowest BCUT2D eigenvalue weighted by atomic mass is 9.44. The van der Waals surface area contributed by atoms with E-state index in [2.05, 4.69) is 15.3 Å². The van der Waals surface area contributed by atoms with Crippen LogP contribution >= 0.6 is 0 Å². The zero-order chi connectivity index (χ0) is 51.4. The quantitative estimate of drug-likeness (QED) is 0.0399. The van der Waals surface area contributed by atoms with E-state index in [-0.39, 0.29) is 36.2 Å². The van der Waals surface area contributed by atoms with Gasteiger partial charge in [0.25, 0.3) is 0 Å². The largest absolute Gasteiger partial charge is 0.509 e. The van der Waals surface area contributed by atoms with Crippen molar-refractivity contribution in [2.45, 2.75) is 127 Å². The monoisotopic (exact) mass is 984 g/mol. The van der Waals surface area contributed by atoms with Crippen LogP contribution in [-0.4, -0.2) is 135 Å². The van der Waals surface area contributed by atoms with Crippen molar-refractivity contribution < 1.29 is 73.0 Å². The van der Waals surface area contributed by atoms with E-state index in [4.69, 9.17) is 23.7 Å². The van der Waals surface area contributed by atoms with Crippen LogP contribution in [0.1, 0.15) is 75.2 Å². The van der Waals surface area contributed by atoms with Crippen LogP contribution in [0.5, 0.6) is 0 Å². The summed E-state index contributed by atoms with van der Waals surface area (Å²) in [7, 11) is 0. The van der Waals surface area contributed by atoms with Gasteiger partial charge < -0.3 is 64.1 Å². The maximum Gasteiger partial charge on any atom is 0.509 e. The first-order chi connectivity index (χ1) is 33.5. The molecule has 2 aromatic carbocycles. The number of aliphatic hydroxyl groups excluding tert-OH is 2. The van der Waals surface area contributed by atoms with Crippen molar-refractivity contribution >= 4 is 35.7 Å². The fraction of sp³-hybridized carbons (Fsp3) is 0.490. The average molecular weight is 985 g/mol. The Morgan fingerprint density at radius 1 is 0.944 bits per heavy atom. The third-order valence-electron chi connectivity index (χ3n) is 15.0. The number of carbonyl (C=O) groups excluding carboxylic acids is 5. The topological polar surface area (TPSA) is 303 Å². The maximum atomic E-state index is 15.6. The van der Waals surface area contributed by atoms with Crippen LogP contribution in [0.2, 0.25) is 0 Å². The van der Waals surface area contributed by atoms with Gasteiger partial charge in [0, 0.05) is 43.5 Å². The number of benzene rings is 2. The van der Waals surface area contributed by atoms with Crippen LogP contribution in [0.15, 0.2) is 96.6 Å². The van der Waals surface area contributed by atoms with E-state index in [9.17, 15) is 49.7 Å². The van der Waals surface area contributed by atoms with Crippen LogP contribution < -0.4 is 5.32 Å². The molecule has 1 saturated heterocycles. The van der Waals surface area contributed by atoms with E-state index in [0.717, 1.165) is 4.57 Å². The first-order valence-electron chi connectivity index (χ1n) is 23.0. The summed E-state index contributed by atoms with van der Waals surface area (Å²) < 4.78 is 33.0. The van der Waals surface area contributed by atoms with Crippen molar-refractivity contribution in [2.24, 2.45) is 16.7 Å². The highest BCUT2D eigenvalue weighted by Gasteiger charge is 2.77. The molecule has 2 aromatic heterocycles. The minimum Gasteiger partial charge on any atom is -0.456 e. The number of fused-ring (bicyclic) bond motifs is 5. The number of amides is 1. The summed E-state index contributed by atoms with van der Waals surface area (Å²) in [5, 5.41) is 64.9. The van der Waals surface area contributed by atoms with E-state index >= 15 is 4.79 Å². The molecule has 3 aliphatic carbocycles. The van der Waals surface area contributed by atoms with E-state index in [1.807, 2.05) is 0 Å². The van der Waals surface area contributed by atoms with Crippen LogP contribution in [0.25, 0.3) is 0 Å². The summed E-state index contributed by atoms with van der Waals surface area (Å²) >= 11 is 0. The van der Waals surface area contributed by atoms with Gasteiger partial charge in [-0.05, 0) is 54.5 Å². The molecular formula is C49H56N6O16. The molecule has 2 bridgehead atoms. The molecule has 3 heterocycles. The molecule has 378 valence electrons. The van der Waals surface area contributed by atoms with Gasteiger partial charge in [0.2, 0.25) is 5.91 Å². The molecule has 4 aromatic rings. The molecule has 5 N–H and O–H groups in total. The molecule has 0 radical (unpaired) electrons. The Balaban J connectivity index is 1.21. The minimum atomic E-state index is -2.47. The smallest absolute Gasteiger partial charge is 0.456 e. The highest BCUT2D eigenvalue weighted by atomic mass is 16.7. The van der Waals surface area contributed by atoms with Crippen LogP contribution in [0.4, 0.5) is 10.7 Å². The molecule has 1 aliphatic heterocycles. The number of nitrogens with zero attached hydrogens (tertiary/aromatic N) is 5. The standard InChI is InChI=1S/C49H56N6O16/c1-26-32(69-43(61)38(58)36(52-28(3)56)29-13-9-7-10-14-29)22-49(64)41(71-42(60)30-15-11-8-12-16-30)39-47(6,40(59)37(57)35(26)46(49,4)5)33(21-34-48(39,63)25-67-34)70-45(62)68-31(23-53-19-17-50-27(53)2)24-54-20-18-51-44(54)55(65)66/h7-20,31-34,36-39,41,57-58,63-64H,21-25H2,1-6H3,(H,52,56)/t31?,32?,33?,34?,36?,37?,38?,39?,41?,47-,48+,49?/m1/s1. The van der Waals surface area contributed by atoms with Gasteiger partial charge in [-0.25, -0.2) is 23.9 Å². The van der Waals surface area contributed by atoms with Gasteiger partial charge >= 0.3 is 24.0 Å². The maximum absolute atomic E-state index is 15.6. The van der Waals surface area contributed by atoms with Crippen LogP contribution in [-0.2, 0) is 51.2 Å². The number of carbonyl (C=O) groups is 5. The molecule has 2 saturated carbocycles. The number of hydrogen-bond donors (Lipinski definition) is 5. The number of esters is 2. The van der Waals surface area contributed by atoms with Gasteiger partial charge in [-0.2, -0.15) is 0 Å². The van der Waals surface area contributed by atoms with Crippen molar-refractivity contribution in [3.05, 3.63) is 124 Å². The number of rotatable bonds is 14. The first kappa shape index (κ1) is 50.5. The fourth-order valence-corrected chi connectivity index (χ4v) is 11.2. The van der Waals surface area contributed by atoms with Crippen molar-refractivity contribution in [3.8, 4) is 0 Å². The van der Waals surface area contributed by atoms with E-state index in [0.29, 0.717) is 11.4 Å². The Hall–Kier alpha value is -6.85. The molecule has 71 heavy (non-hydrogen) atoms. The van der Waals surface area contributed by atoms with Gasteiger partial charge in [0.15, 0.2) is 18.0 Å². The zero-order valence-electron chi connectivity index (χ0n) is 39.7. The van der Waals surface area contributed by atoms with Gasteiger partial charge in [-0.15, -0.1) is 0 Å². The second-order valence-corrected chi connectivity index (χ2v) is 19.4.